The summed E-state index contributed by atoms with van der Waals surface area (Å²) in [5, 5.41) is 4.46. The largest absolute Gasteiger partial charge is 0.383 e. The van der Waals surface area contributed by atoms with Crippen molar-refractivity contribution in [1.29, 1.82) is 0 Å². The van der Waals surface area contributed by atoms with E-state index in [1.165, 1.54) is 16.8 Å². The lowest BCUT2D eigenvalue weighted by molar-refractivity contribution is 0.205. The predicted molar refractivity (Wildman–Crippen MR) is 79.0 cm³/mol. The van der Waals surface area contributed by atoms with Crippen molar-refractivity contribution in [2.45, 2.75) is 26.7 Å². The minimum atomic E-state index is 0.499. The number of rotatable bonds is 6. The van der Waals surface area contributed by atoms with E-state index in [4.69, 9.17) is 4.74 Å². The van der Waals surface area contributed by atoms with Crippen molar-refractivity contribution >= 4 is 11.2 Å². The van der Waals surface area contributed by atoms with Crippen LogP contribution in [-0.4, -0.2) is 36.4 Å². The Hall–Kier alpha value is -1.55. The summed E-state index contributed by atoms with van der Waals surface area (Å²) in [6.07, 6.45) is 4.07. The van der Waals surface area contributed by atoms with Gasteiger partial charge in [0.2, 0.25) is 0 Å². The lowest BCUT2D eigenvalue weighted by Gasteiger charge is -2.22. The van der Waals surface area contributed by atoms with Crippen molar-refractivity contribution in [3.63, 3.8) is 0 Å². The third-order valence-electron chi connectivity index (χ3n) is 3.46. The molecule has 2 heterocycles. The quantitative estimate of drug-likeness (QED) is 0.801. The van der Waals surface area contributed by atoms with Gasteiger partial charge in [0, 0.05) is 25.8 Å². The van der Waals surface area contributed by atoms with Crippen LogP contribution < -0.4 is 4.90 Å². The summed E-state index contributed by atoms with van der Waals surface area (Å²) in [5.74, 6) is 0.499. The number of aromatic nitrogens is 2. The van der Waals surface area contributed by atoms with Gasteiger partial charge in [-0.3, -0.25) is 0 Å². The molecule has 0 aliphatic carbocycles. The highest BCUT2D eigenvalue weighted by atomic mass is 16.5. The zero-order valence-electron chi connectivity index (χ0n) is 12.3. The van der Waals surface area contributed by atoms with Crippen molar-refractivity contribution in [2.24, 2.45) is 0 Å². The van der Waals surface area contributed by atoms with E-state index in [2.05, 4.69) is 49.1 Å². The molecule has 0 unspecified atom stereocenters. The molecule has 0 saturated carbocycles. The average Bonchev–Trinajstić information content (AvgIpc) is 2.82. The molecule has 4 heteroatoms. The van der Waals surface area contributed by atoms with Gasteiger partial charge in [-0.2, -0.15) is 5.10 Å². The van der Waals surface area contributed by atoms with Gasteiger partial charge in [0.05, 0.1) is 30.2 Å². The summed E-state index contributed by atoms with van der Waals surface area (Å²) in [5.41, 5.74) is 3.68. The maximum Gasteiger partial charge on any atom is 0.0697 e. The summed E-state index contributed by atoms with van der Waals surface area (Å²) >= 11 is 0. The van der Waals surface area contributed by atoms with Crippen LogP contribution in [0.5, 0.6) is 0 Å². The first-order chi connectivity index (χ1) is 9.17. The zero-order chi connectivity index (χ0) is 13.8. The third kappa shape index (κ3) is 2.89. The van der Waals surface area contributed by atoms with Crippen molar-refractivity contribution in [3.8, 4) is 0 Å². The molecule has 0 N–H and O–H groups in total. The second-order valence-electron chi connectivity index (χ2n) is 5.04. The molecule has 0 aliphatic rings. The van der Waals surface area contributed by atoms with Crippen LogP contribution in [0.15, 0.2) is 24.5 Å². The van der Waals surface area contributed by atoms with Crippen LogP contribution in [0.25, 0.3) is 5.52 Å². The van der Waals surface area contributed by atoms with Crippen LogP contribution in [-0.2, 0) is 4.74 Å². The second-order valence-corrected chi connectivity index (χ2v) is 5.04. The molecule has 0 radical (unpaired) electrons. The Bertz CT molecular complexity index is 533. The number of methoxy groups -OCH3 is 1. The molecule has 0 amide bonds. The van der Waals surface area contributed by atoms with Gasteiger partial charge < -0.3 is 9.64 Å². The number of fused-ring (bicyclic) bond motifs is 1. The van der Waals surface area contributed by atoms with E-state index in [0.29, 0.717) is 5.92 Å². The fourth-order valence-electron chi connectivity index (χ4n) is 2.30. The van der Waals surface area contributed by atoms with Gasteiger partial charge in [0.15, 0.2) is 0 Å². The molecule has 2 aromatic rings. The summed E-state index contributed by atoms with van der Waals surface area (Å²) in [6, 6.07) is 4.33. The minimum Gasteiger partial charge on any atom is -0.383 e. The predicted octanol–water partition coefficient (Wildman–Crippen LogP) is 2.93. The first-order valence-electron chi connectivity index (χ1n) is 6.88. The Morgan fingerprint density at radius 1 is 1.37 bits per heavy atom. The molecule has 104 valence electrons. The Balaban J connectivity index is 2.30. The molecule has 0 atom stereocenters. The number of ether oxygens (including phenoxy) is 1. The van der Waals surface area contributed by atoms with E-state index in [1.54, 1.807) is 7.11 Å². The third-order valence-corrected chi connectivity index (χ3v) is 3.46. The fraction of sp³-hybridized carbons (Fsp3) is 0.533. The molecule has 0 fully saturated rings. The molecular formula is C15H23N3O. The van der Waals surface area contributed by atoms with E-state index in [0.717, 1.165) is 19.7 Å². The zero-order valence-corrected chi connectivity index (χ0v) is 12.3. The van der Waals surface area contributed by atoms with Gasteiger partial charge >= 0.3 is 0 Å². The first-order valence-corrected chi connectivity index (χ1v) is 6.88. The van der Waals surface area contributed by atoms with E-state index < -0.39 is 0 Å². The van der Waals surface area contributed by atoms with Gasteiger partial charge in [0.25, 0.3) is 0 Å². The average molecular weight is 261 g/mol. The number of likely N-dealkylation sites (N-methyl/N-ethyl adjacent to an activating group) is 1. The summed E-state index contributed by atoms with van der Waals surface area (Å²) in [6.45, 7) is 9.15. The van der Waals surface area contributed by atoms with Crippen LogP contribution in [0.2, 0.25) is 0 Å². The Labute approximate surface area is 115 Å². The number of nitrogens with zero attached hydrogens (tertiary/aromatic N) is 3. The van der Waals surface area contributed by atoms with Crippen molar-refractivity contribution in [1.82, 2.24) is 9.61 Å². The Morgan fingerprint density at radius 3 is 2.79 bits per heavy atom. The highest BCUT2D eigenvalue weighted by Crippen LogP contribution is 2.23. The summed E-state index contributed by atoms with van der Waals surface area (Å²) in [4.78, 5) is 2.29. The van der Waals surface area contributed by atoms with Crippen LogP contribution in [0.3, 0.4) is 0 Å². The van der Waals surface area contributed by atoms with Gasteiger partial charge in [-0.25, -0.2) is 4.52 Å². The van der Waals surface area contributed by atoms with E-state index >= 15 is 0 Å². The number of anilines is 1. The fourth-order valence-corrected chi connectivity index (χ4v) is 2.30. The summed E-state index contributed by atoms with van der Waals surface area (Å²) < 4.78 is 7.13. The molecule has 4 nitrogen and oxygen atoms in total. The Kier molecular flexibility index (Phi) is 4.43. The molecule has 0 aromatic carbocycles. The maximum atomic E-state index is 5.15. The monoisotopic (exact) mass is 261 g/mol. The standard InChI is InChI=1S/C15H23N3O/c1-5-17(8-9-19-4)13-6-7-15-14(12(2)3)10-16-18(15)11-13/h6-7,10-12H,5,8-9H2,1-4H3. The molecule has 19 heavy (non-hydrogen) atoms. The number of hydrogen-bond donors (Lipinski definition) is 0. The molecule has 0 spiro atoms. The van der Waals surface area contributed by atoms with Gasteiger partial charge in [0.1, 0.15) is 0 Å². The van der Waals surface area contributed by atoms with Gasteiger partial charge in [-0.15, -0.1) is 0 Å². The lowest BCUT2D eigenvalue weighted by Crippen LogP contribution is -2.27. The van der Waals surface area contributed by atoms with E-state index in [1.807, 2.05) is 10.7 Å². The van der Waals surface area contributed by atoms with Crippen LogP contribution >= 0.6 is 0 Å². The SMILES string of the molecule is CCN(CCOC)c1ccc2c(C(C)C)cnn2c1. The van der Waals surface area contributed by atoms with Crippen molar-refractivity contribution < 1.29 is 4.74 Å². The van der Waals surface area contributed by atoms with E-state index in [-0.39, 0.29) is 0 Å². The molecule has 0 saturated heterocycles. The molecule has 0 aliphatic heterocycles. The number of pyridine rings is 1. The van der Waals surface area contributed by atoms with E-state index in [9.17, 15) is 0 Å². The highest BCUT2D eigenvalue weighted by molar-refractivity contribution is 5.60. The highest BCUT2D eigenvalue weighted by Gasteiger charge is 2.10. The molecule has 2 aromatic heterocycles. The second kappa shape index (κ2) is 6.06. The van der Waals surface area contributed by atoms with Crippen molar-refractivity contribution in [2.75, 3.05) is 31.7 Å². The molecule has 0 bridgehead atoms. The Morgan fingerprint density at radius 2 is 2.16 bits per heavy atom. The lowest BCUT2D eigenvalue weighted by atomic mass is 10.1. The maximum absolute atomic E-state index is 5.15. The molecule has 2 rings (SSSR count). The summed E-state index contributed by atoms with van der Waals surface area (Å²) in [7, 11) is 1.74. The smallest absolute Gasteiger partial charge is 0.0697 e. The van der Waals surface area contributed by atoms with Gasteiger partial charge in [-0.1, -0.05) is 13.8 Å². The van der Waals surface area contributed by atoms with Gasteiger partial charge in [-0.05, 0) is 25.0 Å². The van der Waals surface area contributed by atoms with Crippen LogP contribution in [0, 0.1) is 0 Å². The van der Waals surface area contributed by atoms with Crippen LogP contribution in [0.1, 0.15) is 32.3 Å². The first kappa shape index (κ1) is 13.9. The minimum absolute atomic E-state index is 0.499. The van der Waals surface area contributed by atoms with Crippen LogP contribution in [0.4, 0.5) is 5.69 Å². The van der Waals surface area contributed by atoms with Crippen molar-refractivity contribution in [3.05, 3.63) is 30.1 Å². The normalized spacial score (nSPS) is 11.4. The number of hydrogen-bond acceptors (Lipinski definition) is 3. The topological polar surface area (TPSA) is 29.8 Å². The molecular weight excluding hydrogens is 238 g/mol.